The second-order valence-electron chi connectivity index (χ2n) is 3.05. The van der Waals surface area contributed by atoms with E-state index in [4.69, 9.17) is 11.6 Å². The molecule has 1 aliphatic rings. The van der Waals surface area contributed by atoms with Gasteiger partial charge < -0.3 is 0 Å². The van der Waals surface area contributed by atoms with Crippen molar-refractivity contribution in [2.24, 2.45) is 0 Å². The number of halogens is 1. The SMILES string of the molecule is CC1([N+](=O)[O-])C=CC=C([N+](=O)[O-])C1Cl. The average Bonchev–Trinajstić information content (AvgIpc) is 2.09. The van der Waals surface area contributed by atoms with E-state index in [-0.39, 0.29) is 5.70 Å². The average molecular weight is 219 g/mol. The molecule has 1 rings (SSSR count). The predicted octanol–water partition coefficient (Wildman–Crippen LogP) is 1.36. The molecule has 0 aliphatic heterocycles. The van der Waals surface area contributed by atoms with Gasteiger partial charge in [0.2, 0.25) is 0 Å². The van der Waals surface area contributed by atoms with Crippen molar-refractivity contribution >= 4 is 11.6 Å². The van der Waals surface area contributed by atoms with E-state index in [1.165, 1.54) is 25.2 Å². The molecule has 0 saturated carbocycles. The second kappa shape index (κ2) is 3.38. The Morgan fingerprint density at radius 2 is 2.07 bits per heavy atom. The Balaban J connectivity index is 3.11. The molecule has 0 radical (unpaired) electrons. The maximum atomic E-state index is 10.7. The topological polar surface area (TPSA) is 86.3 Å². The molecule has 7 heteroatoms. The molecule has 0 aromatic carbocycles. The molecule has 0 bridgehead atoms. The Bertz CT molecular complexity index is 352. The molecule has 2 unspecified atom stereocenters. The molecule has 0 fully saturated rings. The van der Waals surface area contributed by atoms with Crippen LogP contribution in [0.3, 0.4) is 0 Å². The van der Waals surface area contributed by atoms with Crippen LogP contribution in [0, 0.1) is 20.2 Å². The van der Waals surface area contributed by atoms with Gasteiger partial charge in [-0.3, -0.25) is 20.2 Å². The highest BCUT2D eigenvalue weighted by Crippen LogP contribution is 2.31. The molecule has 76 valence electrons. The van der Waals surface area contributed by atoms with Crippen LogP contribution < -0.4 is 0 Å². The summed E-state index contributed by atoms with van der Waals surface area (Å²) in [6.45, 7) is 1.25. The minimum atomic E-state index is -1.61. The third-order valence-corrected chi connectivity index (χ3v) is 2.74. The number of hydrogen-bond donors (Lipinski definition) is 0. The van der Waals surface area contributed by atoms with Crippen molar-refractivity contribution in [3.63, 3.8) is 0 Å². The quantitative estimate of drug-likeness (QED) is 0.398. The van der Waals surface area contributed by atoms with E-state index in [0.29, 0.717) is 0 Å². The normalized spacial score (nSPS) is 31.0. The Labute approximate surface area is 84.2 Å². The van der Waals surface area contributed by atoms with Gasteiger partial charge in [-0.1, -0.05) is 6.08 Å². The Kier molecular flexibility index (Phi) is 2.57. The molecule has 0 heterocycles. The summed E-state index contributed by atoms with van der Waals surface area (Å²) in [4.78, 5) is 19.8. The molecule has 0 aromatic heterocycles. The molecular weight excluding hydrogens is 212 g/mol. The Morgan fingerprint density at radius 1 is 1.50 bits per heavy atom. The van der Waals surface area contributed by atoms with Crippen LogP contribution in [-0.2, 0) is 0 Å². The summed E-state index contributed by atoms with van der Waals surface area (Å²) in [5.41, 5.74) is -1.97. The zero-order valence-corrected chi connectivity index (χ0v) is 7.97. The molecular formula is C7H7ClN2O4. The van der Waals surface area contributed by atoms with Crippen molar-refractivity contribution in [2.45, 2.75) is 17.8 Å². The highest BCUT2D eigenvalue weighted by Gasteiger charge is 2.50. The van der Waals surface area contributed by atoms with Crippen LogP contribution in [0.15, 0.2) is 23.9 Å². The van der Waals surface area contributed by atoms with Crippen molar-refractivity contribution in [2.75, 3.05) is 0 Å². The first-order valence-electron chi connectivity index (χ1n) is 3.72. The largest absolute Gasteiger partial charge is 0.271 e. The first-order valence-corrected chi connectivity index (χ1v) is 4.15. The summed E-state index contributed by atoms with van der Waals surface area (Å²) in [5.74, 6) is 0. The van der Waals surface area contributed by atoms with E-state index >= 15 is 0 Å². The van der Waals surface area contributed by atoms with Gasteiger partial charge in [0.05, 0.1) is 4.92 Å². The molecule has 0 spiro atoms. The number of nitro groups is 2. The van der Waals surface area contributed by atoms with Gasteiger partial charge in [0.25, 0.3) is 11.2 Å². The zero-order chi connectivity index (χ0) is 10.9. The molecule has 14 heavy (non-hydrogen) atoms. The number of rotatable bonds is 2. The maximum absolute atomic E-state index is 10.7. The van der Waals surface area contributed by atoms with Gasteiger partial charge in [-0.25, -0.2) is 0 Å². The summed E-state index contributed by atoms with van der Waals surface area (Å²) in [5, 5.41) is 19.9. The highest BCUT2D eigenvalue weighted by molar-refractivity contribution is 6.23. The van der Waals surface area contributed by atoms with Crippen LogP contribution in [0.25, 0.3) is 0 Å². The minimum absolute atomic E-state index is 0.353. The second-order valence-corrected chi connectivity index (χ2v) is 3.49. The third kappa shape index (κ3) is 1.48. The predicted molar refractivity (Wildman–Crippen MR) is 49.3 cm³/mol. The molecule has 6 nitrogen and oxygen atoms in total. The van der Waals surface area contributed by atoms with Gasteiger partial charge >= 0.3 is 0 Å². The van der Waals surface area contributed by atoms with Crippen molar-refractivity contribution < 1.29 is 9.85 Å². The standard InChI is InChI=1S/C7H7ClN2O4/c1-7(10(13)14)4-2-3-5(6(7)8)9(11)12/h2-4,6H,1H3. The number of allylic oxidation sites excluding steroid dienone is 2. The molecule has 0 aromatic rings. The van der Waals surface area contributed by atoms with E-state index < -0.39 is 20.8 Å². The summed E-state index contributed by atoms with van der Waals surface area (Å²) >= 11 is 5.68. The lowest BCUT2D eigenvalue weighted by molar-refractivity contribution is -0.555. The van der Waals surface area contributed by atoms with E-state index in [1.807, 2.05) is 0 Å². The van der Waals surface area contributed by atoms with Crippen LogP contribution in [0.1, 0.15) is 6.92 Å². The van der Waals surface area contributed by atoms with Gasteiger partial charge in [-0.2, -0.15) is 0 Å². The third-order valence-electron chi connectivity index (χ3n) is 2.08. The van der Waals surface area contributed by atoms with Crippen LogP contribution in [0.5, 0.6) is 0 Å². The first-order chi connectivity index (χ1) is 6.39. The fourth-order valence-electron chi connectivity index (χ4n) is 1.12. The summed E-state index contributed by atoms with van der Waals surface area (Å²) in [6.07, 6.45) is 3.69. The maximum Gasteiger partial charge on any atom is 0.271 e. The summed E-state index contributed by atoms with van der Waals surface area (Å²) in [6, 6.07) is 0. The number of alkyl halides is 1. The molecule has 0 amide bonds. The van der Waals surface area contributed by atoms with Crippen LogP contribution in [-0.4, -0.2) is 20.8 Å². The van der Waals surface area contributed by atoms with Gasteiger partial charge in [0.15, 0.2) is 5.38 Å². The van der Waals surface area contributed by atoms with Crippen LogP contribution >= 0.6 is 11.6 Å². The van der Waals surface area contributed by atoms with Gasteiger partial charge in [-0.05, 0) is 6.08 Å². The lowest BCUT2D eigenvalue weighted by atomic mass is 9.92. The van der Waals surface area contributed by atoms with E-state index in [2.05, 4.69) is 0 Å². The fraction of sp³-hybridized carbons (Fsp3) is 0.429. The summed E-state index contributed by atoms with van der Waals surface area (Å²) in [7, 11) is 0. The zero-order valence-electron chi connectivity index (χ0n) is 7.21. The van der Waals surface area contributed by atoms with E-state index in [9.17, 15) is 20.2 Å². The van der Waals surface area contributed by atoms with Gasteiger partial charge in [0.1, 0.15) is 0 Å². The summed E-state index contributed by atoms with van der Waals surface area (Å²) < 4.78 is 0. The van der Waals surface area contributed by atoms with Crippen LogP contribution in [0.4, 0.5) is 0 Å². The fourth-order valence-corrected chi connectivity index (χ4v) is 1.42. The molecule has 0 saturated heterocycles. The van der Waals surface area contributed by atoms with Gasteiger partial charge in [-0.15, -0.1) is 11.6 Å². The first kappa shape index (κ1) is 10.6. The number of hydrogen-bond acceptors (Lipinski definition) is 4. The van der Waals surface area contributed by atoms with Crippen LogP contribution in [0.2, 0.25) is 0 Å². The van der Waals surface area contributed by atoms with E-state index in [1.54, 1.807) is 0 Å². The highest BCUT2D eigenvalue weighted by atomic mass is 35.5. The molecule has 1 aliphatic carbocycles. The monoisotopic (exact) mass is 218 g/mol. The Morgan fingerprint density at radius 3 is 2.50 bits per heavy atom. The van der Waals surface area contributed by atoms with Gasteiger partial charge in [0, 0.05) is 17.9 Å². The van der Waals surface area contributed by atoms with E-state index in [0.717, 1.165) is 0 Å². The van der Waals surface area contributed by atoms with Crippen molar-refractivity contribution in [3.8, 4) is 0 Å². The number of nitrogens with zero attached hydrogens (tertiary/aromatic N) is 2. The molecule has 2 atom stereocenters. The smallest absolute Gasteiger partial charge is 0.264 e. The lowest BCUT2D eigenvalue weighted by Crippen LogP contribution is -2.45. The minimum Gasteiger partial charge on any atom is -0.264 e. The van der Waals surface area contributed by atoms with Crippen molar-refractivity contribution in [3.05, 3.63) is 44.2 Å². The Hall–Kier alpha value is -1.43. The van der Waals surface area contributed by atoms with Crippen molar-refractivity contribution in [1.82, 2.24) is 0 Å². The lowest BCUT2D eigenvalue weighted by Gasteiger charge is -2.22. The van der Waals surface area contributed by atoms with Crippen molar-refractivity contribution in [1.29, 1.82) is 0 Å². The molecule has 0 N–H and O–H groups in total.